The van der Waals surface area contributed by atoms with E-state index in [0.29, 0.717) is 13.2 Å². The summed E-state index contributed by atoms with van der Waals surface area (Å²) < 4.78 is 32.4. The molecule has 0 amide bonds. The van der Waals surface area contributed by atoms with Crippen molar-refractivity contribution in [3.63, 3.8) is 0 Å². The quantitative estimate of drug-likeness (QED) is 0.0780. The maximum atomic E-state index is 13.2. The third-order valence-electron chi connectivity index (χ3n) is 7.76. The van der Waals surface area contributed by atoms with Crippen molar-refractivity contribution >= 4 is 16.8 Å². The number of hydrogen-bond acceptors (Lipinski definition) is 6. The summed E-state index contributed by atoms with van der Waals surface area (Å²) in [4.78, 5) is 13.2. The molecule has 248 valence electrons. The highest BCUT2D eigenvalue weighted by atomic mass is 35.5. The Labute approximate surface area is 288 Å². The molecule has 5 aromatic rings. The van der Waals surface area contributed by atoms with Gasteiger partial charge in [0.25, 0.3) is 5.24 Å². The number of halogens is 1. The van der Waals surface area contributed by atoms with Gasteiger partial charge in [-0.1, -0.05) is 152 Å². The fourth-order valence-electron chi connectivity index (χ4n) is 5.23. The maximum absolute atomic E-state index is 13.2. The second kappa shape index (κ2) is 19.6. The van der Waals surface area contributed by atoms with Crippen LogP contribution in [0.2, 0.25) is 0 Å². The second-order valence-corrected chi connectivity index (χ2v) is 11.8. The SMILES string of the molecule is O=C(Cl)[C@H](OCc1ccccc1)[C@@H](OCc1ccccc1)[C@H](OCc1ccccc1)[C@@H](COCc1ccccc1)OCc1ccccc1. The predicted octanol–water partition coefficient (Wildman–Crippen LogP) is 8.31. The minimum Gasteiger partial charge on any atom is -0.374 e. The van der Waals surface area contributed by atoms with E-state index < -0.39 is 29.7 Å². The molecule has 0 aromatic heterocycles. The van der Waals surface area contributed by atoms with Gasteiger partial charge in [0.05, 0.1) is 39.6 Å². The average molecular weight is 665 g/mol. The molecule has 0 fully saturated rings. The van der Waals surface area contributed by atoms with Crippen molar-refractivity contribution in [1.29, 1.82) is 0 Å². The smallest absolute Gasteiger partial charge is 0.253 e. The highest BCUT2D eigenvalue weighted by Gasteiger charge is 2.41. The number of ether oxygens (including phenoxy) is 5. The minimum absolute atomic E-state index is 0.153. The Bertz CT molecular complexity index is 1590. The number of carbonyl (C=O) groups excluding carboxylic acids is 1. The zero-order chi connectivity index (χ0) is 33.2. The van der Waals surface area contributed by atoms with E-state index in [1.54, 1.807) is 0 Å². The van der Waals surface area contributed by atoms with Crippen LogP contribution < -0.4 is 0 Å². The van der Waals surface area contributed by atoms with Crippen molar-refractivity contribution in [2.45, 2.75) is 57.5 Å². The van der Waals surface area contributed by atoms with Gasteiger partial charge in [0.1, 0.15) is 18.3 Å². The molecule has 4 atom stereocenters. The van der Waals surface area contributed by atoms with Gasteiger partial charge >= 0.3 is 0 Å². The summed E-state index contributed by atoms with van der Waals surface area (Å²) in [5.41, 5.74) is 4.79. The lowest BCUT2D eigenvalue weighted by Crippen LogP contribution is -2.52. The van der Waals surface area contributed by atoms with Gasteiger partial charge in [0, 0.05) is 0 Å². The molecule has 48 heavy (non-hydrogen) atoms. The van der Waals surface area contributed by atoms with Gasteiger partial charge in [0.15, 0.2) is 6.10 Å². The molecule has 0 saturated carbocycles. The second-order valence-electron chi connectivity index (χ2n) is 11.4. The van der Waals surface area contributed by atoms with Crippen molar-refractivity contribution in [3.05, 3.63) is 179 Å². The van der Waals surface area contributed by atoms with Gasteiger partial charge in [-0.2, -0.15) is 0 Å². The van der Waals surface area contributed by atoms with E-state index in [-0.39, 0.29) is 26.4 Å². The number of hydrogen-bond donors (Lipinski definition) is 0. The fraction of sp³-hybridized carbons (Fsp3) is 0.244. The molecule has 0 unspecified atom stereocenters. The van der Waals surface area contributed by atoms with Crippen LogP contribution in [0.15, 0.2) is 152 Å². The third-order valence-corrected chi connectivity index (χ3v) is 7.97. The van der Waals surface area contributed by atoms with Gasteiger partial charge in [-0.3, -0.25) is 4.79 Å². The lowest BCUT2D eigenvalue weighted by atomic mass is 10.0. The van der Waals surface area contributed by atoms with Crippen LogP contribution in [0.5, 0.6) is 0 Å². The molecule has 6 nitrogen and oxygen atoms in total. The van der Waals surface area contributed by atoms with Crippen LogP contribution in [0.1, 0.15) is 27.8 Å². The van der Waals surface area contributed by atoms with E-state index in [2.05, 4.69) is 0 Å². The summed E-state index contributed by atoms with van der Waals surface area (Å²) in [6, 6.07) is 49.0. The lowest BCUT2D eigenvalue weighted by Gasteiger charge is -2.36. The van der Waals surface area contributed by atoms with Gasteiger partial charge in [-0.25, -0.2) is 0 Å². The van der Waals surface area contributed by atoms with Crippen molar-refractivity contribution in [3.8, 4) is 0 Å². The summed E-state index contributed by atoms with van der Waals surface area (Å²) in [6.45, 7) is 1.41. The standard InChI is InChI=1S/C41H41ClO6/c42-41(43)40(48-30-36-24-14-5-15-25-36)39(47-29-35-22-12-4-13-23-35)38(46-28-34-20-10-3-11-21-34)37(45-27-33-18-8-2-9-19-33)31-44-26-32-16-6-1-7-17-32/h1-25,37-40H,26-31H2/t37-,38-,39+,40-/m1/s1. The summed E-state index contributed by atoms with van der Waals surface area (Å²) in [6.07, 6.45) is -3.62. The molecule has 0 spiro atoms. The van der Waals surface area contributed by atoms with Crippen molar-refractivity contribution in [2.75, 3.05) is 6.61 Å². The van der Waals surface area contributed by atoms with E-state index in [0.717, 1.165) is 27.8 Å². The molecule has 0 aliphatic rings. The van der Waals surface area contributed by atoms with E-state index in [1.807, 2.05) is 152 Å². The summed E-state index contributed by atoms with van der Waals surface area (Å²) in [5, 5.41) is -0.690. The molecule has 0 aliphatic carbocycles. The molecule has 0 bridgehead atoms. The monoisotopic (exact) mass is 664 g/mol. The zero-order valence-electron chi connectivity index (χ0n) is 26.8. The minimum atomic E-state index is -1.17. The molecule has 0 saturated heterocycles. The van der Waals surface area contributed by atoms with Gasteiger partial charge < -0.3 is 23.7 Å². The number of carbonyl (C=O) groups is 1. The Morgan fingerprint density at radius 3 is 1.17 bits per heavy atom. The Balaban J connectivity index is 1.48. The normalized spacial score (nSPS) is 13.8. The summed E-state index contributed by atoms with van der Waals surface area (Å²) >= 11 is 6.34. The predicted molar refractivity (Wildman–Crippen MR) is 187 cm³/mol. The fourth-order valence-corrected chi connectivity index (χ4v) is 5.42. The number of benzene rings is 5. The van der Waals surface area contributed by atoms with Crippen LogP contribution in [0.3, 0.4) is 0 Å². The van der Waals surface area contributed by atoms with E-state index in [1.165, 1.54) is 0 Å². The molecular formula is C41H41ClO6. The van der Waals surface area contributed by atoms with Crippen LogP contribution in [-0.2, 0) is 61.5 Å². The Kier molecular flexibility index (Phi) is 14.4. The van der Waals surface area contributed by atoms with Gasteiger partial charge in [-0.15, -0.1) is 0 Å². The van der Waals surface area contributed by atoms with Crippen LogP contribution in [0.25, 0.3) is 0 Å². The Morgan fingerprint density at radius 1 is 0.438 bits per heavy atom. The van der Waals surface area contributed by atoms with E-state index in [9.17, 15) is 4.79 Å². The molecule has 7 heteroatoms. The third kappa shape index (κ3) is 11.5. The van der Waals surface area contributed by atoms with Gasteiger partial charge in [-0.05, 0) is 39.4 Å². The molecule has 0 aliphatic heterocycles. The van der Waals surface area contributed by atoms with Crippen molar-refractivity contribution in [2.24, 2.45) is 0 Å². The number of rotatable bonds is 20. The largest absolute Gasteiger partial charge is 0.374 e. The highest BCUT2D eigenvalue weighted by Crippen LogP contribution is 2.25. The van der Waals surface area contributed by atoms with Gasteiger partial charge in [0.2, 0.25) is 0 Å². The van der Waals surface area contributed by atoms with E-state index in [4.69, 9.17) is 35.3 Å². The highest BCUT2D eigenvalue weighted by molar-refractivity contribution is 6.64. The van der Waals surface area contributed by atoms with Crippen LogP contribution in [0, 0.1) is 0 Å². The van der Waals surface area contributed by atoms with E-state index >= 15 is 0 Å². The Morgan fingerprint density at radius 2 is 0.771 bits per heavy atom. The molecule has 0 heterocycles. The lowest BCUT2D eigenvalue weighted by molar-refractivity contribution is -0.198. The molecule has 0 radical (unpaired) electrons. The van der Waals surface area contributed by atoms with Crippen LogP contribution >= 0.6 is 11.6 Å². The average Bonchev–Trinajstić information content (AvgIpc) is 3.14. The topological polar surface area (TPSA) is 63.2 Å². The van der Waals surface area contributed by atoms with Crippen molar-refractivity contribution in [1.82, 2.24) is 0 Å². The molecule has 5 aromatic carbocycles. The van der Waals surface area contributed by atoms with Crippen LogP contribution in [0.4, 0.5) is 0 Å². The maximum Gasteiger partial charge on any atom is 0.253 e. The summed E-state index contributed by atoms with van der Waals surface area (Å²) in [7, 11) is 0. The summed E-state index contributed by atoms with van der Waals surface area (Å²) in [5.74, 6) is 0. The first-order valence-electron chi connectivity index (χ1n) is 16.1. The Hall–Kier alpha value is -4.14. The zero-order valence-corrected chi connectivity index (χ0v) is 27.6. The first-order chi connectivity index (χ1) is 23.7. The molecule has 5 rings (SSSR count). The molecular weight excluding hydrogens is 624 g/mol. The first kappa shape index (κ1) is 35.2. The molecule has 0 N–H and O–H groups in total. The van der Waals surface area contributed by atoms with Crippen LogP contribution in [-0.4, -0.2) is 36.3 Å². The first-order valence-corrected chi connectivity index (χ1v) is 16.5. The van der Waals surface area contributed by atoms with Crippen molar-refractivity contribution < 1.29 is 28.5 Å².